The second-order valence-corrected chi connectivity index (χ2v) is 3.95. The third-order valence-corrected chi connectivity index (χ3v) is 2.30. The molecule has 0 aliphatic heterocycles. The maximum Gasteiger partial charge on any atom is 0.270 e. The summed E-state index contributed by atoms with van der Waals surface area (Å²) >= 11 is 0. The lowest BCUT2D eigenvalue weighted by Crippen LogP contribution is -2.11. The first-order chi connectivity index (χ1) is 8.56. The fourth-order valence-electron chi connectivity index (χ4n) is 1.54. The highest BCUT2D eigenvalue weighted by atomic mass is 16.6. The Hall–Kier alpha value is -2.28. The minimum Gasteiger partial charge on any atom is -0.391 e. The molecule has 0 spiro atoms. The first kappa shape index (κ1) is 12.2. The first-order valence-corrected chi connectivity index (χ1v) is 5.38. The Bertz CT molecular complexity index is 565. The van der Waals surface area contributed by atoms with E-state index in [1.807, 2.05) is 0 Å². The monoisotopic (exact) mass is 248 g/mol. The highest BCUT2D eigenvalue weighted by Crippen LogP contribution is 2.20. The van der Waals surface area contributed by atoms with Crippen LogP contribution in [0.4, 0.5) is 5.69 Å². The van der Waals surface area contributed by atoms with Crippen LogP contribution in [0.1, 0.15) is 6.92 Å². The van der Waals surface area contributed by atoms with E-state index in [2.05, 4.69) is 10.1 Å². The van der Waals surface area contributed by atoms with Crippen molar-refractivity contribution in [1.82, 2.24) is 14.8 Å². The van der Waals surface area contributed by atoms with Crippen molar-refractivity contribution in [2.24, 2.45) is 0 Å². The van der Waals surface area contributed by atoms with Gasteiger partial charge in [0.15, 0.2) is 5.82 Å². The fourth-order valence-corrected chi connectivity index (χ4v) is 1.54. The van der Waals surface area contributed by atoms with Crippen molar-refractivity contribution in [2.45, 2.75) is 19.6 Å². The van der Waals surface area contributed by atoms with Crippen LogP contribution < -0.4 is 0 Å². The van der Waals surface area contributed by atoms with Crippen molar-refractivity contribution in [1.29, 1.82) is 0 Å². The van der Waals surface area contributed by atoms with E-state index in [9.17, 15) is 15.2 Å². The normalized spacial score (nSPS) is 12.3. The smallest absolute Gasteiger partial charge is 0.270 e. The van der Waals surface area contributed by atoms with Gasteiger partial charge in [0.05, 0.1) is 17.6 Å². The van der Waals surface area contributed by atoms with E-state index in [1.54, 1.807) is 19.1 Å². The molecule has 7 heteroatoms. The van der Waals surface area contributed by atoms with Crippen LogP contribution in [0.15, 0.2) is 30.6 Å². The summed E-state index contributed by atoms with van der Waals surface area (Å²) in [6.07, 6.45) is 0.964. The second kappa shape index (κ2) is 4.92. The van der Waals surface area contributed by atoms with E-state index in [-0.39, 0.29) is 5.69 Å². The number of aromatic nitrogens is 3. The van der Waals surface area contributed by atoms with Gasteiger partial charge in [0.1, 0.15) is 6.33 Å². The number of hydrogen-bond donors (Lipinski definition) is 1. The molecule has 2 aromatic rings. The summed E-state index contributed by atoms with van der Waals surface area (Å²) in [5, 5.41) is 24.0. The van der Waals surface area contributed by atoms with Gasteiger partial charge in [0.2, 0.25) is 0 Å². The molecule has 1 aromatic carbocycles. The number of non-ortho nitro benzene ring substituents is 1. The van der Waals surface area contributed by atoms with Gasteiger partial charge in [-0.05, 0) is 6.92 Å². The van der Waals surface area contributed by atoms with Crippen molar-refractivity contribution >= 4 is 5.69 Å². The predicted molar refractivity (Wildman–Crippen MR) is 63.8 cm³/mol. The van der Waals surface area contributed by atoms with Gasteiger partial charge in [0.25, 0.3) is 5.69 Å². The van der Waals surface area contributed by atoms with Gasteiger partial charge in [-0.1, -0.05) is 12.1 Å². The van der Waals surface area contributed by atoms with Crippen LogP contribution in [-0.4, -0.2) is 30.9 Å². The lowest BCUT2D eigenvalue weighted by Gasteiger charge is -2.01. The van der Waals surface area contributed by atoms with Gasteiger partial charge in [-0.2, -0.15) is 5.10 Å². The molecule has 1 heterocycles. The number of aliphatic hydroxyl groups is 1. The standard InChI is InChI=1S/C11H12N4O3/c1-8(16)6-14-7-12-11(13-14)9-3-2-4-10(5-9)15(17)18/h2-5,7-8,16H,6H2,1H3/t8-/m1/s1. The van der Waals surface area contributed by atoms with E-state index < -0.39 is 11.0 Å². The Labute approximate surface area is 103 Å². The SMILES string of the molecule is C[C@@H](O)Cn1cnc(-c2cccc([N+](=O)[O-])c2)n1. The molecule has 0 radical (unpaired) electrons. The number of benzene rings is 1. The summed E-state index contributed by atoms with van der Waals surface area (Å²) in [4.78, 5) is 14.3. The lowest BCUT2D eigenvalue weighted by atomic mass is 10.2. The Morgan fingerprint density at radius 3 is 3.00 bits per heavy atom. The Morgan fingerprint density at radius 1 is 1.56 bits per heavy atom. The van der Waals surface area contributed by atoms with E-state index >= 15 is 0 Å². The molecule has 94 valence electrons. The molecular weight excluding hydrogens is 236 g/mol. The largest absolute Gasteiger partial charge is 0.391 e. The molecule has 0 saturated heterocycles. The van der Waals surface area contributed by atoms with Crippen LogP contribution >= 0.6 is 0 Å². The highest BCUT2D eigenvalue weighted by Gasteiger charge is 2.10. The van der Waals surface area contributed by atoms with Gasteiger partial charge in [-0.3, -0.25) is 10.1 Å². The van der Waals surface area contributed by atoms with Gasteiger partial charge in [-0.25, -0.2) is 9.67 Å². The number of nitro benzene ring substituents is 1. The molecule has 0 aliphatic carbocycles. The van der Waals surface area contributed by atoms with E-state index in [0.29, 0.717) is 17.9 Å². The molecule has 18 heavy (non-hydrogen) atoms. The van der Waals surface area contributed by atoms with Crippen molar-refractivity contribution in [2.75, 3.05) is 0 Å². The highest BCUT2D eigenvalue weighted by molar-refractivity contribution is 5.58. The number of nitrogens with zero attached hydrogens (tertiary/aromatic N) is 4. The molecule has 0 amide bonds. The number of nitro groups is 1. The molecule has 0 unspecified atom stereocenters. The van der Waals surface area contributed by atoms with Crippen molar-refractivity contribution < 1.29 is 10.0 Å². The number of aliphatic hydroxyl groups excluding tert-OH is 1. The number of hydrogen-bond acceptors (Lipinski definition) is 5. The molecule has 2 rings (SSSR count). The van der Waals surface area contributed by atoms with Gasteiger partial charge in [-0.15, -0.1) is 0 Å². The van der Waals surface area contributed by atoms with Crippen LogP contribution in [0, 0.1) is 10.1 Å². The quantitative estimate of drug-likeness (QED) is 0.648. The molecule has 1 N–H and O–H groups in total. The number of rotatable bonds is 4. The van der Waals surface area contributed by atoms with Gasteiger partial charge in [0, 0.05) is 17.7 Å². The summed E-state index contributed by atoms with van der Waals surface area (Å²) in [7, 11) is 0. The minimum atomic E-state index is -0.523. The molecule has 1 atom stereocenters. The lowest BCUT2D eigenvalue weighted by molar-refractivity contribution is -0.384. The van der Waals surface area contributed by atoms with Gasteiger partial charge >= 0.3 is 0 Å². The topological polar surface area (TPSA) is 94.1 Å². The average molecular weight is 248 g/mol. The predicted octanol–water partition coefficient (Wildman–Crippen LogP) is 1.23. The molecular formula is C11H12N4O3. The Morgan fingerprint density at radius 2 is 2.33 bits per heavy atom. The van der Waals surface area contributed by atoms with Crippen LogP contribution in [-0.2, 0) is 6.54 Å². The third-order valence-electron chi connectivity index (χ3n) is 2.30. The van der Waals surface area contributed by atoms with E-state index in [4.69, 9.17) is 0 Å². The molecule has 0 bridgehead atoms. The fraction of sp³-hybridized carbons (Fsp3) is 0.273. The Kier molecular flexibility index (Phi) is 3.33. The molecule has 7 nitrogen and oxygen atoms in total. The average Bonchev–Trinajstić information content (AvgIpc) is 2.77. The zero-order valence-corrected chi connectivity index (χ0v) is 9.72. The second-order valence-electron chi connectivity index (χ2n) is 3.95. The summed E-state index contributed by atoms with van der Waals surface area (Å²) in [6, 6.07) is 6.12. The van der Waals surface area contributed by atoms with Crippen LogP contribution in [0.3, 0.4) is 0 Å². The van der Waals surface area contributed by atoms with Crippen molar-refractivity contribution in [3.63, 3.8) is 0 Å². The summed E-state index contributed by atoms with van der Waals surface area (Å²) < 4.78 is 1.50. The van der Waals surface area contributed by atoms with E-state index in [1.165, 1.54) is 23.1 Å². The van der Waals surface area contributed by atoms with Crippen molar-refractivity contribution in [3.05, 3.63) is 40.7 Å². The summed E-state index contributed by atoms with van der Waals surface area (Å²) in [5.41, 5.74) is 0.577. The third kappa shape index (κ3) is 2.69. The van der Waals surface area contributed by atoms with Crippen LogP contribution in [0.2, 0.25) is 0 Å². The van der Waals surface area contributed by atoms with Crippen molar-refractivity contribution in [3.8, 4) is 11.4 Å². The summed E-state index contributed by atoms with van der Waals surface area (Å²) in [5.74, 6) is 0.402. The molecule has 0 aliphatic rings. The maximum atomic E-state index is 10.7. The van der Waals surface area contributed by atoms with Crippen LogP contribution in [0.25, 0.3) is 11.4 Å². The molecule has 0 fully saturated rings. The van der Waals surface area contributed by atoms with Gasteiger partial charge < -0.3 is 5.11 Å². The minimum absolute atomic E-state index is 0.000578. The first-order valence-electron chi connectivity index (χ1n) is 5.38. The van der Waals surface area contributed by atoms with Crippen LogP contribution in [0.5, 0.6) is 0 Å². The zero-order chi connectivity index (χ0) is 13.1. The molecule has 0 saturated carbocycles. The zero-order valence-electron chi connectivity index (χ0n) is 9.72. The summed E-state index contributed by atoms with van der Waals surface area (Å²) in [6.45, 7) is 1.98. The maximum absolute atomic E-state index is 10.7. The Balaban J connectivity index is 2.28. The molecule has 1 aromatic heterocycles. The van der Waals surface area contributed by atoms with E-state index in [0.717, 1.165) is 0 Å².